The van der Waals surface area contributed by atoms with E-state index in [9.17, 15) is 13.2 Å². The molecule has 3 aliphatic rings. The van der Waals surface area contributed by atoms with Gasteiger partial charge in [-0.1, -0.05) is 6.92 Å². The fourth-order valence-corrected chi connectivity index (χ4v) is 2.57. The largest absolute Gasteiger partial charge is 0.407 e. The van der Waals surface area contributed by atoms with Gasteiger partial charge in [0.05, 0.1) is 34.0 Å². The van der Waals surface area contributed by atoms with Crippen LogP contribution in [0.1, 0.15) is 9.67 Å². The van der Waals surface area contributed by atoms with Crippen LogP contribution in [0, 0.1) is 5.41 Å². The lowest BCUT2D eigenvalue weighted by molar-refractivity contribution is -0.145. The van der Waals surface area contributed by atoms with Crippen LogP contribution < -0.4 is 5.43 Å². The number of hydrazine groups is 1. The predicted molar refractivity (Wildman–Crippen MR) is 70.3 cm³/mol. The Kier molecular flexibility index (Phi) is 2.70. The number of alkyl halides is 3. The van der Waals surface area contributed by atoms with Gasteiger partial charge in [-0.25, -0.2) is 0 Å². The molecule has 0 radical (unpaired) electrons. The van der Waals surface area contributed by atoms with E-state index in [4.69, 9.17) is 7.48 Å². The molecule has 0 aromatic carbocycles. The zero-order valence-corrected chi connectivity index (χ0v) is 11.9. The minimum atomic E-state index is -4.39. The van der Waals surface area contributed by atoms with E-state index in [0.717, 1.165) is 5.01 Å². The van der Waals surface area contributed by atoms with Gasteiger partial charge in [-0.05, 0) is 0 Å². The van der Waals surface area contributed by atoms with Gasteiger partial charge in [-0.3, -0.25) is 5.01 Å². The number of hydrogen-bond donors (Lipinski definition) is 1. The first kappa shape index (κ1) is 12.0. The van der Waals surface area contributed by atoms with Crippen LogP contribution in [0.2, 0.25) is 0 Å². The van der Waals surface area contributed by atoms with Gasteiger partial charge >= 0.3 is 6.18 Å². The highest BCUT2D eigenvalue weighted by Gasteiger charge is 2.39. The van der Waals surface area contributed by atoms with Crippen molar-refractivity contribution in [3.63, 3.8) is 0 Å². The molecule has 0 aromatic heterocycles. The summed E-state index contributed by atoms with van der Waals surface area (Å²) in [5.74, 6) is 0. The molecule has 1 unspecified atom stereocenters. The molecule has 3 aliphatic heterocycles. The number of nitrogens with one attached hydrogen (secondary N) is 1. The average molecular weight is 306 g/mol. The van der Waals surface area contributed by atoms with Gasteiger partial charge in [0, 0.05) is 31.4 Å². The van der Waals surface area contributed by atoms with Crippen molar-refractivity contribution in [2.75, 3.05) is 40.0 Å². The number of hydrogen-bond acceptors (Lipinski definition) is 5. The van der Waals surface area contributed by atoms with Gasteiger partial charge in [-0.2, -0.15) is 13.2 Å². The Balaban J connectivity index is 1.90. The van der Waals surface area contributed by atoms with Gasteiger partial charge in [0.1, 0.15) is 6.54 Å². The minimum Gasteiger partial charge on any atom is -0.380 e. The average Bonchev–Trinajstić information content (AvgIpc) is 2.81. The van der Waals surface area contributed by atoms with Crippen LogP contribution in [-0.4, -0.2) is 61.0 Å². The van der Waals surface area contributed by atoms with Crippen LogP contribution in [-0.2, 0) is 4.74 Å². The molecular weight excluding hydrogens is 285 g/mol. The summed E-state index contributed by atoms with van der Waals surface area (Å²) in [6.07, 6.45) is -3.06. The van der Waals surface area contributed by atoms with E-state index in [-0.39, 0.29) is 17.3 Å². The zero-order valence-electron chi connectivity index (χ0n) is 13.9. The number of ether oxygens (including phenoxy) is 1. The van der Waals surface area contributed by atoms with E-state index in [2.05, 4.69) is 5.43 Å². The summed E-state index contributed by atoms with van der Waals surface area (Å²) >= 11 is 0. The highest BCUT2D eigenvalue weighted by molar-refractivity contribution is 5.33. The van der Waals surface area contributed by atoms with Gasteiger partial charge in [0.25, 0.3) is 0 Å². The third-order valence-corrected chi connectivity index (χ3v) is 3.60. The molecular formula is C13H19F3N4O. The van der Waals surface area contributed by atoms with E-state index in [0.29, 0.717) is 25.5 Å². The summed E-state index contributed by atoms with van der Waals surface area (Å²) in [6, 6.07) is 0. The molecule has 0 saturated carbocycles. The van der Waals surface area contributed by atoms with E-state index < -0.39 is 19.4 Å². The van der Waals surface area contributed by atoms with Crippen molar-refractivity contribution < 1.29 is 20.6 Å². The number of rotatable bonds is 3. The molecule has 0 aromatic rings. The Bertz CT molecular complexity index is 562. The smallest absolute Gasteiger partial charge is 0.380 e. The Morgan fingerprint density at radius 1 is 1.48 bits per heavy atom. The van der Waals surface area contributed by atoms with Crippen LogP contribution >= 0.6 is 0 Å². The first-order chi connectivity index (χ1) is 10.6. The van der Waals surface area contributed by atoms with Crippen molar-refractivity contribution in [3.8, 4) is 0 Å². The molecule has 3 heterocycles. The number of fused-ring (bicyclic) bond motifs is 1. The summed E-state index contributed by atoms with van der Waals surface area (Å²) in [7, 11) is 1.64. The molecule has 0 bridgehead atoms. The molecule has 21 heavy (non-hydrogen) atoms. The van der Waals surface area contributed by atoms with Gasteiger partial charge in [0.2, 0.25) is 0 Å². The highest BCUT2D eigenvalue weighted by atomic mass is 19.4. The Labute approximate surface area is 124 Å². The van der Waals surface area contributed by atoms with Gasteiger partial charge < -0.3 is 20.0 Å². The third-order valence-electron chi connectivity index (χ3n) is 3.60. The van der Waals surface area contributed by atoms with Crippen LogP contribution in [0.15, 0.2) is 23.8 Å². The molecule has 8 heteroatoms. The standard InChI is InChI=1S/C13H19F3N4O/c1-12(7-21-8-12)5-19-4-11-10(18(2)9-19)3-17-20(11)6-13(14,15)16/h3-4,17H,5-9H2,1-2H3/i4D,9D. The lowest BCUT2D eigenvalue weighted by Gasteiger charge is -2.44. The summed E-state index contributed by atoms with van der Waals surface area (Å²) < 4.78 is 60.0. The second-order valence-corrected chi connectivity index (χ2v) is 5.98. The monoisotopic (exact) mass is 306 g/mol. The first-order valence-corrected chi connectivity index (χ1v) is 6.63. The zero-order chi connectivity index (χ0) is 17.0. The van der Waals surface area contributed by atoms with Crippen LogP contribution in [0.4, 0.5) is 13.2 Å². The molecule has 1 N–H and O–H groups in total. The molecule has 5 nitrogen and oxygen atoms in total. The van der Waals surface area contributed by atoms with E-state index in [1.54, 1.807) is 11.9 Å². The molecule has 118 valence electrons. The summed E-state index contributed by atoms with van der Waals surface area (Å²) in [4.78, 5) is 3.06. The Morgan fingerprint density at radius 3 is 2.76 bits per heavy atom. The lowest BCUT2D eigenvalue weighted by Crippen LogP contribution is -2.51. The van der Waals surface area contributed by atoms with E-state index in [1.165, 1.54) is 11.1 Å². The maximum Gasteiger partial charge on any atom is 0.407 e. The van der Waals surface area contributed by atoms with Crippen molar-refractivity contribution >= 4 is 0 Å². The normalized spacial score (nSPS) is 29.5. The quantitative estimate of drug-likeness (QED) is 0.849. The fraction of sp³-hybridized carbons (Fsp3) is 0.692. The van der Waals surface area contributed by atoms with E-state index in [1.807, 2.05) is 6.92 Å². The molecule has 0 amide bonds. The summed E-state index contributed by atoms with van der Waals surface area (Å²) in [5, 5.41) is 0.909. The van der Waals surface area contributed by atoms with Crippen molar-refractivity contribution in [1.82, 2.24) is 20.2 Å². The second kappa shape index (κ2) is 4.72. The van der Waals surface area contributed by atoms with Crippen LogP contribution in [0.25, 0.3) is 0 Å². The molecule has 1 atom stereocenters. The van der Waals surface area contributed by atoms with Gasteiger partial charge in [0.15, 0.2) is 0 Å². The van der Waals surface area contributed by atoms with E-state index >= 15 is 0 Å². The topological polar surface area (TPSA) is 31.0 Å². The third kappa shape index (κ3) is 2.90. The highest BCUT2D eigenvalue weighted by Crippen LogP contribution is 2.33. The Hall–Kier alpha value is -1.57. The SMILES string of the molecule is [2H]C1=C2C(=CNN2CC(F)(F)F)N(C)C([2H])N1CC1(C)COC1. The summed E-state index contributed by atoms with van der Waals surface area (Å²) in [5.41, 5.74) is 2.93. The van der Waals surface area contributed by atoms with Crippen molar-refractivity contribution in [1.29, 1.82) is 0 Å². The maximum atomic E-state index is 12.7. The van der Waals surface area contributed by atoms with Gasteiger partial charge in [-0.15, -0.1) is 0 Å². The number of nitrogens with zero attached hydrogens (tertiary/aromatic N) is 3. The summed E-state index contributed by atoms with van der Waals surface area (Å²) in [6.45, 7) is 1.36. The molecule has 1 fully saturated rings. The number of halogens is 3. The second-order valence-electron chi connectivity index (χ2n) is 5.98. The van der Waals surface area contributed by atoms with Crippen LogP contribution in [0.5, 0.6) is 0 Å². The predicted octanol–water partition coefficient (Wildman–Crippen LogP) is 1.29. The molecule has 3 rings (SSSR count). The van der Waals surface area contributed by atoms with Crippen molar-refractivity contribution in [2.45, 2.75) is 13.1 Å². The molecule has 0 spiro atoms. The molecule has 0 aliphatic carbocycles. The van der Waals surface area contributed by atoms with Crippen molar-refractivity contribution in [3.05, 3.63) is 23.8 Å². The first-order valence-electron chi connectivity index (χ1n) is 7.70. The molecule has 1 saturated heterocycles. The minimum absolute atomic E-state index is 0.0725. The fourth-order valence-electron chi connectivity index (χ4n) is 2.57. The number of likely N-dealkylation sites (N-methyl/N-ethyl adjacent to an activating group) is 1. The van der Waals surface area contributed by atoms with Crippen LogP contribution in [0.3, 0.4) is 0 Å². The lowest BCUT2D eigenvalue weighted by atomic mass is 9.88. The maximum absolute atomic E-state index is 12.7. The van der Waals surface area contributed by atoms with Crippen molar-refractivity contribution in [2.24, 2.45) is 5.41 Å². The Morgan fingerprint density at radius 2 is 2.19 bits per heavy atom.